The molecule has 4 heteroatoms. The predicted molar refractivity (Wildman–Crippen MR) is 107 cm³/mol. The molecule has 1 aliphatic heterocycles. The van der Waals surface area contributed by atoms with E-state index in [1.54, 1.807) is 0 Å². The number of hydrogen-bond donors (Lipinski definition) is 0. The molecule has 0 N–H and O–H groups in total. The molecule has 1 saturated heterocycles. The first kappa shape index (κ1) is 17.8. The number of aryl methyl sites for hydroxylation is 1. The highest BCUT2D eigenvalue weighted by atomic mass is 16.3. The lowest BCUT2D eigenvalue weighted by atomic mass is 10.0. The van der Waals surface area contributed by atoms with Crippen LogP contribution in [0.3, 0.4) is 0 Å². The van der Waals surface area contributed by atoms with Gasteiger partial charge in [-0.05, 0) is 48.9 Å². The van der Waals surface area contributed by atoms with Crippen molar-refractivity contribution >= 4 is 17.0 Å². The predicted octanol–water partition coefficient (Wildman–Crippen LogP) is 5.51. The van der Waals surface area contributed by atoms with E-state index in [9.17, 15) is 4.79 Å². The fourth-order valence-electron chi connectivity index (χ4n) is 3.88. The second-order valence-corrected chi connectivity index (χ2v) is 7.95. The molecule has 1 amide bonds. The van der Waals surface area contributed by atoms with Crippen LogP contribution in [0.2, 0.25) is 0 Å². The van der Waals surface area contributed by atoms with Gasteiger partial charge in [0.1, 0.15) is 11.6 Å². The Balaban J connectivity index is 1.64. The van der Waals surface area contributed by atoms with Gasteiger partial charge in [0.2, 0.25) is 11.8 Å². The molecule has 140 valence electrons. The quantitative estimate of drug-likeness (QED) is 0.614. The van der Waals surface area contributed by atoms with E-state index in [2.05, 4.69) is 57.2 Å². The van der Waals surface area contributed by atoms with Gasteiger partial charge in [-0.1, -0.05) is 49.7 Å². The highest BCUT2D eigenvalue weighted by Crippen LogP contribution is 2.35. The van der Waals surface area contributed by atoms with Crippen LogP contribution >= 0.6 is 0 Å². The highest BCUT2D eigenvalue weighted by molar-refractivity contribution is 5.81. The maximum atomic E-state index is 12.6. The zero-order valence-corrected chi connectivity index (χ0v) is 16.2. The minimum Gasteiger partial charge on any atom is -0.438 e. The molecular formula is C23H26N2O2. The summed E-state index contributed by atoms with van der Waals surface area (Å²) in [6, 6.07) is 14.5. The van der Waals surface area contributed by atoms with E-state index in [-0.39, 0.29) is 11.9 Å². The van der Waals surface area contributed by atoms with Crippen molar-refractivity contribution in [1.29, 1.82) is 0 Å². The fraction of sp³-hybridized carbons (Fsp3) is 0.391. The standard InChI is InChI=1S/C23H26N2O2/c1-15(2)12-22(26)25-11-5-8-20(25)23-24-19-14-18(9-10-21(19)27-23)17-7-4-6-16(3)13-17/h4,6-7,9-10,13-15,20H,5,8,11-12H2,1-3H3. The molecule has 1 unspecified atom stereocenters. The average Bonchev–Trinajstić information content (AvgIpc) is 3.27. The molecule has 27 heavy (non-hydrogen) atoms. The summed E-state index contributed by atoms with van der Waals surface area (Å²) >= 11 is 0. The van der Waals surface area contributed by atoms with Gasteiger partial charge in [-0.25, -0.2) is 4.98 Å². The molecule has 0 bridgehead atoms. The topological polar surface area (TPSA) is 46.3 Å². The van der Waals surface area contributed by atoms with Gasteiger partial charge in [0.15, 0.2) is 5.58 Å². The maximum absolute atomic E-state index is 12.6. The highest BCUT2D eigenvalue weighted by Gasteiger charge is 2.33. The molecule has 2 aromatic carbocycles. The largest absolute Gasteiger partial charge is 0.438 e. The first-order valence-corrected chi connectivity index (χ1v) is 9.78. The third-order valence-electron chi connectivity index (χ3n) is 5.20. The SMILES string of the molecule is Cc1cccc(-c2ccc3oc(C4CCCN4C(=O)CC(C)C)nc3c2)c1. The molecular weight excluding hydrogens is 336 g/mol. The van der Waals surface area contributed by atoms with Gasteiger partial charge in [-0.3, -0.25) is 4.79 Å². The second kappa shape index (κ2) is 7.18. The van der Waals surface area contributed by atoms with Crippen LogP contribution in [0.5, 0.6) is 0 Å². The second-order valence-electron chi connectivity index (χ2n) is 7.95. The minimum absolute atomic E-state index is 0.0360. The van der Waals surface area contributed by atoms with Crippen LogP contribution in [-0.2, 0) is 4.79 Å². The molecule has 0 radical (unpaired) electrons. The Kier molecular flexibility index (Phi) is 4.73. The van der Waals surface area contributed by atoms with Crippen molar-refractivity contribution in [2.24, 2.45) is 5.92 Å². The van der Waals surface area contributed by atoms with E-state index in [1.807, 2.05) is 11.0 Å². The number of aromatic nitrogens is 1. The Hall–Kier alpha value is -2.62. The van der Waals surface area contributed by atoms with E-state index in [0.29, 0.717) is 18.2 Å². The van der Waals surface area contributed by atoms with Gasteiger partial charge in [-0.15, -0.1) is 0 Å². The van der Waals surface area contributed by atoms with Gasteiger partial charge in [0.25, 0.3) is 0 Å². The number of likely N-dealkylation sites (tertiary alicyclic amines) is 1. The summed E-state index contributed by atoms with van der Waals surface area (Å²) in [5.41, 5.74) is 5.18. The minimum atomic E-state index is -0.0360. The Morgan fingerprint density at radius 2 is 2.04 bits per heavy atom. The van der Waals surface area contributed by atoms with Gasteiger partial charge < -0.3 is 9.32 Å². The van der Waals surface area contributed by atoms with Crippen LogP contribution in [0.4, 0.5) is 0 Å². The summed E-state index contributed by atoms with van der Waals surface area (Å²) < 4.78 is 6.05. The molecule has 4 nitrogen and oxygen atoms in total. The molecule has 1 aliphatic rings. The molecule has 3 aromatic rings. The van der Waals surface area contributed by atoms with E-state index in [4.69, 9.17) is 9.40 Å². The van der Waals surface area contributed by atoms with E-state index >= 15 is 0 Å². The van der Waals surface area contributed by atoms with Gasteiger partial charge >= 0.3 is 0 Å². The number of rotatable bonds is 4. The van der Waals surface area contributed by atoms with Gasteiger partial charge in [-0.2, -0.15) is 0 Å². The van der Waals surface area contributed by atoms with Gasteiger partial charge in [0.05, 0.1) is 0 Å². The Labute approximate surface area is 160 Å². The molecule has 2 heterocycles. The lowest BCUT2D eigenvalue weighted by Gasteiger charge is -2.23. The van der Waals surface area contributed by atoms with E-state index in [0.717, 1.165) is 36.0 Å². The zero-order valence-electron chi connectivity index (χ0n) is 16.2. The number of carbonyl (C=O) groups excluding carboxylic acids is 1. The third kappa shape index (κ3) is 3.61. The van der Waals surface area contributed by atoms with Crippen LogP contribution in [0.15, 0.2) is 46.9 Å². The summed E-state index contributed by atoms with van der Waals surface area (Å²) in [5, 5.41) is 0. The number of oxazole rings is 1. The summed E-state index contributed by atoms with van der Waals surface area (Å²) in [6.45, 7) is 7.05. The van der Waals surface area contributed by atoms with Crippen molar-refractivity contribution in [2.75, 3.05) is 6.54 Å². The summed E-state index contributed by atoms with van der Waals surface area (Å²) in [6.07, 6.45) is 2.50. The van der Waals surface area contributed by atoms with Crippen LogP contribution in [0.1, 0.15) is 50.6 Å². The Bertz CT molecular complexity index is 973. The van der Waals surface area contributed by atoms with Crippen LogP contribution in [-0.4, -0.2) is 22.3 Å². The molecule has 1 aromatic heterocycles. The normalized spacial score (nSPS) is 17.2. The number of amides is 1. The van der Waals surface area contributed by atoms with E-state index in [1.165, 1.54) is 11.1 Å². The molecule has 1 fully saturated rings. The van der Waals surface area contributed by atoms with Crippen molar-refractivity contribution in [1.82, 2.24) is 9.88 Å². The maximum Gasteiger partial charge on any atom is 0.223 e. The average molecular weight is 362 g/mol. The number of hydrogen-bond acceptors (Lipinski definition) is 3. The van der Waals surface area contributed by atoms with Crippen molar-refractivity contribution in [3.8, 4) is 11.1 Å². The number of carbonyl (C=O) groups is 1. The summed E-state index contributed by atoms with van der Waals surface area (Å²) in [7, 11) is 0. The van der Waals surface area contributed by atoms with Crippen molar-refractivity contribution in [3.05, 3.63) is 53.9 Å². The van der Waals surface area contributed by atoms with Crippen LogP contribution < -0.4 is 0 Å². The Morgan fingerprint density at radius 3 is 2.81 bits per heavy atom. The lowest BCUT2D eigenvalue weighted by molar-refractivity contribution is -0.133. The summed E-state index contributed by atoms with van der Waals surface area (Å²) in [4.78, 5) is 19.3. The fourth-order valence-corrected chi connectivity index (χ4v) is 3.88. The molecule has 0 aliphatic carbocycles. The number of fused-ring (bicyclic) bond motifs is 1. The van der Waals surface area contributed by atoms with Crippen molar-refractivity contribution in [2.45, 2.75) is 46.1 Å². The zero-order chi connectivity index (χ0) is 19.0. The van der Waals surface area contributed by atoms with Crippen molar-refractivity contribution in [3.63, 3.8) is 0 Å². The first-order chi connectivity index (χ1) is 13.0. The molecule has 0 spiro atoms. The monoisotopic (exact) mass is 362 g/mol. The molecule has 4 rings (SSSR count). The first-order valence-electron chi connectivity index (χ1n) is 9.78. The number of benzene rings is 2. The lowest BCUT2D eigenvalue weighted by Crippen LogP contribution is -2.31. The Morgan fingerprint density at radius 1 is 1.22 bits per heavy atom. The van der Waals surface area contributed by atoms with Gasteiger partial charge in [0, 0.05) is 13.0 Å². The van der Waals surface area contributed by atoms with Crippen LogP contribution in [0, 0.1) is 12.8 Å². The smallest absolute Gasteiger partial charge is 0.223 e. The summed E-state index contributed by atoms with van der Waals surface area (Å²) in [5.74, 6) is 1.23. The van der Waals surface area contributed by atoms with Crippen molar-refractivity contribution < 1.29 is 9.21 Å². The molecule has 1 atom stereocenters. The third-order valence-corrected chi connectivity index (χ3v) is 5.20. The molecule has 0 saturated carbocycles. The van der Waals surface area contributed by atoms with E-state index < -0.39 is 0 Å². The number of nitrogens with zero attached hydrogens (tertiary/aromatic N) is 2. The van der Waals surface area contributed by atoms with Crippen LogP contribution in [0.25, 0.3) is 22.2 Å².